The molecule has 1 heterocycles. The van der Waals surface area contributed by atoms with Crippen molar-refractivity contribution in [1.29, 1.82) is 0 Å². The quantitative estimate of drug-likeness (QED) is 0.408. The van der Waals surface area contributed by atoms with E-state index in [9.17, 15) is 23.3 Å². The van der Waals surface area contributed by atoms with Crippen molar-refractivity contribution < 1.29 is 18.1 Å². The molecule has 0 aliphatic carbocycles. The molecule has 0 saturated carbocycles. The smallest absolute Gasteiger partial charge is 0.270 e. The van der Waals surface area contributed by atoms with Crippen LogP contribution < -0.4 is 5.32 Å². The van der Waals surface area contributed by atoms with Crippen molar-refractivity contribution in [3.63, 3.8) is 0 Å². The average molecular weight is 480 g/mol. The molecule has 1 N–H and O–H groups in total. The van der Waals surface area contributed by atoms with Gasteiger partial charge in [-0.1, -0.05) is 66.7 Å². The highest BCUT2D eigenvalue weighted by molar-refractivity contribution is 7.89. The van der Waals surface area contributed by atoms with E-state index in [1.165, 1.54) is 22.5 Å². The Balaban J connectivity index is 1.54. The summed E-state index contributed by atoms with van der Waals surface area (Å²) in [5.41, 5.74) is 1.57. The largest absolute Gasteiger partial charge is 0.345 e. The molecular formula is C25H25N3O5S. The SMILES string of the molecule is O=C(NC(c1ccccc1)c1ccccc1)C1CCCN(S(=O)(=O)c2cccc([N+](=O)[O-])c2)C1. The van der Waals surface area contributed by atoms with Crippen LogP contribution in [-0.2, 0) is 14.8 Å². The van der Waals surface area contributed by atoms with E-state index in [2.05, 4.69) is 5.32 Å². The van der Waals surface area contributed by atoms with Crippen LogP contribution in [0.3, 0.4) is 0 Å². The molecule has 1 saturated heterocycles. The lowest BCUT2D eigenvalue weighted by Gasteiger charge is -2.32. The Morgan fingerprint density at radius 3 is 2.18 bits per heavy atom. The highest BCUT2D eigenvalue weighted by Gasteiger charge is 2.34. The molecular weight excluding hydrogens is 454 g/mol. The van der Waals surface area contributed by atoms with Gasteiger partial charge in [0.05, 0.1) is 21.8 Å². The van der Waals surface area contributed by atoms with Crippen molar-refractivity contribution in [1.82, 2.24) is 9.62 Å². The fourth-order valence-electron chi connectivity index (χ4n) is 4.19. The standard InChI is InChI=1S/C25H25N3O5S/c29-25(26-24(19-9-3-1-4-10-19)20-11-5-2-6-12-20)21-13-8-16-27(18-21)34(32,33)23-15-7-14-22(17-23)28(30)31/h1-7,9-12,14-15,17,21,24H,8,13,16,18H2,(H,26,29). The molecule has 1 fully saturated rings. The van der Waals surface area contributed by atoms with Crippen molar-refractivity contribution in [2.45, 2.75) is 23.8 Å². The van der Waals surface area contributed by atoms with Gasteiger partial charge in [0.2, 0.25) is 15.9 Å². The number of piperidine rings is 1. The maximum Gasteiger partial charge on any atom is 0.270 e. The number of sulfonamides is 1. The first-order valence-corrected chi connectivity index (χ1v) is 12.4. The van der Waals surface area contributed by atoms with E-state index in [1.807, 2.05) is 60.7 Å². The molecule has 0 radical (unpaired) electrons. The van der Waals surface area contributed by atoms with Crippen LogP contribution in [0, 0.1) is 16.0 Å². The first kappa shape index (κ1) is 23.6. The number of nitro benzene ring substituents is 1. The molecule has 1 amide bonds. The van der Waals surface area contributed by atoms with Crippen LogP contribution in [0.2, 0.25) is 0 Å². The van der Waals surface area contributed by atoms with Gasteiger partial charge in [0.15, 0.2) is 0 Å². The molecule has 3 aromatic carbocycles. The second kappa shape index (κ2) is 10.1. The lowest BCUT2D eigenvalue weighted by molar-refractivity contribution is -0.385. The Labute approximate surface area is 198 Å². The predicted octanol–water partition coefficient (Wildman–Crippen LogP) is 3.90. The second-order valence-corrected chi connectivity index (χ2v) is 10.2. The van der Waals surface area contributed by atoms with Crippen LogP contribution in [0.25, 0.3) is 0 Å². The number of hydrogen-bond acceptors (Lipinski definition) is 5. The van der Waals surface area contributed by atoms with Gasteiger partial charge in [-0.15, -0.1) is 0 Å². The number of nitrogens with zero attached hydrogens (tertiary/aromatic N) is 2. The summed E-state index contributed by atoms with van der Waals surface area (Å²) < 4.78 is 27.6. The van der Waals surface area contributed by atoms with Gasteiger partial charge in [0.25, 0.3) is 5.69 Å². The number of carbonyl (C=O) groups is 1. The summed E-state index contributed by atoms with van der Waals surface area (Å²) >= 11 is 0. The van der Waals surface area contributed by atoms with Crippen molar-refractivity contribution >= 4 is 21.6 Å². The van der Waals surface area contributed by atoms with E-state index in [4.69, 9.17) is 0 Å². The zero-order chi connectivity index (χ0) is 24.1. The van der Waals surface area contributed by atoms with Crippen LogP contribution in [0.15, 0.2) is 89.8 Å². The highest BCUT2D eigenvalue weighted by Crippen LogP contribution is 2.28. The Morgan fingerprint density at radius 2 is 1.59 bits per heavy atom. The molecule has 1 unspecified atom stereocenters. The molecule has 3 aromatic rings. The van der Waals surface area contributed by atoms with Gasteiger partial charge < -0.3 is 5.32 Å². The number of non-ortho nitro benzene ring substituents is 1. The number of nitro groups is 1. The summed E-state index contributed by atoms with van der Waals surface area (Å²) in [6, 6.07) is 23.9. The predicted molar refractivity (Wildman–Crippen MR) is 127 cm³/mol. The number of benzene rings is 3. The Hall–Kier alpha value is -3.56. The van der Waals surface area contributed by atoms with E-state index in [1.54, 1.807) is 0 Å². The van der Waals surface area contributed by atoms with Crippen LogP contribution in [0.5, 0.6) is 0 Å². The van der Waals surface area contributed by atoms with Crippen molar-refractivity contribution in [3.8, 4) is 0 Å². The van der Waals surface area contributed by atoms with Crippen LogP contribution in [-0.4, -0.2) is 36.6 Å². The fourth-order valence-corrected chi connectivity index (χ4v) is 5.76. The monoisotopic (exact) mass is 479 g/mol. The molecule has 9 heteroatoms. The summed E-state index contributed by atoms with van der Waals surface area (Å²) in [4.78, 5) is 23.6. The fraction of sp³-hybridized carbons (Fsp3) is 0.240. The zero-order valence-electron chi connectivity index (χ0n) is 18.4. The number of nitrogens with one attached hydrogen (secondary N) is 1. The van der Waals surface area contributed by atoms with E-state index >= 15 is 0 Å². The van der Waals surface area contributed by atoms with E-state index in [0.29, 0.717) is 12.8 Å². The summed E-state index contributed by atoms with van der Waals surface area (Å²) in [5, 5.41) is 14.2. The maximum absolute atomic E-state index is 13.3. The molecule has 1 aliphatic rings. The first-order chi connectivity index (χ1) is 16.4. The summed E-state index contributed by atoms with van der Waals surface area (Å²) in [5.74, 6) is -0.756. The first-order valence-electron chi connectivity index (χ1n) is 11.0. The van der Waals surface area contributed by atoms with Crippen molar-refractivity contribution in [3.05, 3.63) is 106 Å². The number of carbonyl (C=O) groups excluding carboxylic acids is 1. The van der Waals surface area contributed by atoms with Crippen LogP contribution in [0.4, 0.5) is 5.69 Å². The minimum Gasteiger partial charge on any atom is -0.345 e. The summed E-state index contributed by atoms with van der Waals surface area (Å²) in [6.45, 7) is 0.281. The minimum absolute atomic E-state index is 0.0210. The van der Waals surface area contributed by atoms with E-state index in [0.717, 1.165) is 17.2 Å². The van der Waals surface area contributed by atoms with Gasteiger partial charge in [-0.2, -0.15) is 4.31 Å². The van der Waals surface area contributed by atoms with Crippen LogP contribution in [0.1, 0.15) is 30.0 Å². The molecule has 34 heavy (non-hydrogen) atoms. The van der Waals surface area contributed by atoms with Gasteiger partial charge in [-0.05, 0) is 30.0 Å². The van der Waals surface area contributed by atoms with Gasteiger partial charge in [0, 0.05) is 25.2 Å². The van der Waals surface area contributed by atoms with Gasteiger partial charge in [0.1, 0.15) is 0 Å². The molecule has 1 aliphatic heterocycles. The lowest BCUT2D eigenvalue weighted by Crippen LogP contribution is -2.46. The number of hydrogen-bond donors (Lipinski definition) is 1. The zero-order valence-corrected chi connectivity index (χ0v) is 19.2. The van der Waals surface area contributed by atoms with Crippen molar-refractivity contribution in [2.75, 3.05) is 13.1 Å². The Kier molecular flexibility index (Phi) is 7.04. The third-order valence-electron chi connectivity index (χ3n) is 5.97. The highest BCUT2D eigenvalue weighted by atomic mass is 32.2. The van der Waals surface area contributed by atoms with E-state index in [-0.39, 0.29) is 35.6 Å². The van der Waals surface area contributed by atoms with Crippen LogP contribution >= 0.6 is 0 Å². The molecule has 176 valence electrons. The number of amides is 1. The summed E-state index contributed by atoms with van der Waals surface area (Å²) in [7, 11) is -3.97. The molecule has 0 spiro atoms. The Morgan fingerprint density at radius 1 is 0.971 bits per heavy atom. The maximum atomic E-state index is 13.3. The van der Waals surface area contributed by atoms with Crippen molar-refractivity contribution in [2.24, 2.45) is 5.92 Å². The van der Waals surface area contributed by atoms with Gasteiger partial charge in [-0.25, -0.2) is 8.42 Å². The third-order valence-corrected chi connectivity index (χ3v) is 7.83. The second-order valence-electron chi connectivity index (χ2n) is 8.22. The van der Waals surface area contributed by atoms with Gasteiger partial charge in [-0.3, -0.25) is 14.9 Å². The van der Waals surface area contributed by atoms with E-state index < -0.39 is 20.9 Å². The molecule has 0 bridgehead atoms. The third kappa shape index (κ3) is 5.16. The Bertz CT molecular complexity index is 1230. The molecule has 8 nitrogen and oxygen atoms in total. The topological polar surface area (TPSA) is 110 Å². The average Bonchev–Trinajstić information content (AvgIpc) is 2.88. The minimum atomic E-state index is -3.97. The molecule has 1 atom stereocenters. The summed E-state index contributed by atoms with van der Waals surface area (Å²) in [6.07, 6.45) is 1.08. The molecule has 0 aromatic heterocycles. The molecule has 4 rings (SSSR count). The van der Waals surface area contributed by atoms with Gasteiger partial charge >= 0.3 is 0 Å². The normalized spacial score (nSPS) is 16.8. The number of rotatable bonds is 7. The lowest BCUT2D eigenvalue weighted by atomic mass is 9.95.